The highest BCUT2D eigenvalue weighted by Crippen LogP contribution is 2.32. The molecular formula is C22H22Br3N7O2. The maximum Gasteiger partial charge on any atom is 0.250 e. The normalized spacial score (nSPS) is 13.9. The molecule has 1 fully saturated rings. The summed E-state index contributed by atoms with van der Waals surface area (Å²) in [5.74, 6) is 1.93. The van der Waals surface area contributed by atoms with E-state index in [0.717, 1.165) is 30.2 Å². The fourth-order valence-corrected chi connectivity index (χ4v) is 5.28. The average Bonchev–Trinajstić information content (AvgIpc) is 2.81. The van der Waals surface area contributed by atoms with Gasteiger partial charge in [0.15, 0.2) is 0 Å². The smallest absolute Gasteiger partial charge is 0.250 e. The van der Waals surface area contributed by atoms with Gasteiger partial charge in [0, 0.05) is 27.6 Å². The van der Waals surface area contributed by atoms with Gasteiger partial charge in [0.2, 0.25) is 17.8 Å². The van der Waals surface area contributed by atoms with Gasteiger partial charge in [-0.1, -0.05) is 22.0 Å². The van der Waals surface area contributed by atoms with E-state index in [2.05, 4.69) is 83.5 Å². The lowest BCUT2D eigenvalue weighted by Gasteiger charge is -2.27. The van der Waals surface area contributed by atoms with Crippen molar-refractivity contribution in [3.05, 3.63) is 54.9 Å². The van der Waals surface area contributed by atoms with Gasteiger partial charge in [-0.05, 0) is 68.6 Å². The van der Waals surface area contributed by atoms with Gasteiger partial charge in [0.25, 0.3) is 0 Å². The van der Waals surface area contributed by atoms with Crippen LogP contribution in [0.2, 0.25) is 0 Å². The zero-order chi connectivity index (χ0) is 24.1. The van der Waals surface area contributed by atoms with E-state index in [1.54, 1.807) is 13.3 Å². The van der Waals surface area contributed by atoms with Crippen LogP contribution in [0, 0.1) is 6.92 Å². The number of aromatic nitrogens is 3. The van der Waals surface area contributed by atoms with Crippen LogP contribution in [0.5, 0.6) is 5.75 Å². The third-order valence-electron chi connectivity index (χ3n) is 4.90. The fraction of sp³-hybridized carbons (Fsp3) is 0.273. The zero-order valence-electron chi connectivity index (χ0n) is 18.5. The van der Waals surface area contributed by atoms with Crippen molar-refractivity contribution in [2.75, 3.05) is 49.1 Å². The summed E-state index contributed by atoms with van der Waals surface area (Å²) in [6.07, 6.45) is 1.65. The molecule has 1 aromatic heterocycles. The third-order valence-corrected chi connectivity index (χ3v) is 6.60. The maximum absolute atomic E-state index is 5.48. The van der Waals surface area contributed by atoms with E-state index >= 15 is 0 Å². The SMILES string of the molecule is COc1c(Br)cc(Br)cc1/C=N\Nc1nc(Nc2ccc(C)cc2Br)nc(N2CCOCC2)n1. The number of anilines is 4. The lowest BCUT2D eigenvalue weighted by molar-refractivity contribution is 0.122. The van der Waals surface area contributed by atoms with Gasteiger partial charge in [-0.15, -0.1) is 0 Å². The van der Waals surface area contributed by atoms with Crippen LogP contribution in [-0.4, -0.2) is 54.6 Å². The van der Waals surface area contributed by atoms with E-state index < -0.39 is 0 Å². The van der Waals surface area contributed by atoms with Crippen LogP contribution in [0.15, 0.2) is 48.9 Å². The molecule has 178 valence electrons. The number of aryl methyl sites for hydroxylation is 1. The minimum absolute atomic E-state index is 0.312. The molecule has 0 spiro atoms. The fourth-order valence-electron chi connectivity index (χ4n) is 3.27. The van der Waals surface area contributed by atoms with Crippen molar-refractivity contribution < 1.29 is 9.47 Å². The Balaban J connectivity index is 1.62. The molecular weight excluding hydrogens is 634 g/mol. The zero-order valence-corrected chi connectivity index (χ0v) is 23.2. The van der Waals surface area contributed by atoms with Crippen LogP contribution < -0.4 is 20.4 Å². The van der Waals surface area contributed by atoms with Crippen molar-refractivity contribution >= 4 is 77.5 Å². The van der Waals surface area contributed by atoms with Crippen molar-refractivity contribution in [1.82, 2.24) is 15.0 Å². The van der Waals surface area contributed by atoms with Gasteiger partial charge in [-0.2, -0.15) is 20.1 Å². The predicted molar refractivity (Wildman–Crippen MR) is 145 cm³/mol. The summed E-state index contributed by atoms with van der Waals surface area (Å²) in [6.45, 7) is 4.67. The molecule has 0 amide bonds. The van der Waals surface area contributed by atoms with E-state index in [4.69, 9.17) is 9.47 Å². The Bertz CT molecular complexity index is 1200. The maximum atomic E-state index is 5.48. The lowest BCUT2D eigenvalue weighted by atomic mass is 10.2. The molecule has 0 unspecified atom stereocenters. The van der Waals surface area contributed by atoms with Crippen molar-refractivity contribution in [2.24, 2.45) is 5.10 Å². The Labute approximate surface area is 222 Å². The number of hydrogen-bond acceptors (Lipinski definition) is 9. The summed E-state index contributed by atoms with van der Waals surface area (Å²) in [5, 5.41) is 7.61. The van der Waals surface area contributed by atoms with Gasteiger partial charge in [0.1, 0.15) is 5.75 Å². The first-order valence-electron chi connectivity index (χ1n) is 10.4. The second-order valence-electron chi connectivity index (χ2n) is 7.37. The molecule has 3 aromatic rings. The lowest BCUT2D eigenvalue weighted by Crippen LogP contribution is -2.37. The van der Waals surface area contributed by atoms with Crippen molar-refractivity contribution in [3.8, 4) is 5.75 Å². The highest BCUT2D eigenvalue weighted by Gasteiger charge is 2.17. The number of morpholine rings is 1. The molecule has 0 bridgehead atoms. The van der Waals surface area contributed by atoms with Crippen molar-refractivity contribution in [1.29, 1.82) is 0 Å². The predicted octanol–water partition coefficient (Wildman–Crippen LogP) is 5.50. The van der Waals surface area contributed by atoms with Crippen molar-refractivity contribution in [3.63, 3.8) is 0 Å². The van der Waals surface area contributed by atoms with E-state index in [9.17, 15) is 0 Å². The molecule has 2 N–H and O–H groups in total. The van der Waals surface area contributed by atoms with Crippen LogP contribution in [0.4, 0.5) is 23.5 Å². The summed E-state index contributed by atoms with van der Waals surface area (Å²) in [7, 11) is 1.61. The third kappa shape index (κ3) is 6.23. The van der Waals surface area contributed by atoms with Crippen LogP contribution in [0.25, 0.3) is 0 Å². The highest BCUT2D eigenvalue weighted by atomic mass is 79.9. The Morgan fingerprint density at radius 2 is 1.79 bits per heavy atom. The Hall–Kier alpha value is -2.28. The Morgan fingerprint density at radius 3 is 2.53 bits per heavy atom. The summed E-state index contributed by atoms with van der Waals surface area (Å²) < 4.78 is 13.6. The van der Waals surface area contributed by atoms with E-state index in [1.165, 1.54) is 0 Å². The quantitative estimate of drug-likeness (QED) is 0.255. The number of benzene rings is 2. The second-order valence-corrected chi connectivity index (χ2v) is 9.99. The summed E-state index contributed by atoms with van der Waals surface area (Å²) >= 11 is 10.6. The molecule has 9 nitrogen and oxygen atoms in total. The van der Waals surface area contributed by atoms with Crippen LogP contribution in [0.1, 0.15) is 11.1 Å². The van der Waals surface area contributed by atoms with E-state index in [0.29, 0.717) is 49.9 Å². The molecule has 1 aliphatic rings. The number of hydrogen-bond donors (Lipinski definition) is 2. The largest absolute Gasteiger partial charge is 0.495 e. The number of nitrogens with zero attached hydrogens (tertiary/aromatic N) is 5. The summed E-state index contributed by atoms with van der Waals surface area (Å²) in [6, 6.07) is 9.83. The molecule has 2 heterocycles. The van der Waals surface area contributed by atoms with Crippen LogP contribution in [0.3, 0.4) is 0 Å². The molecule has 12 heteroatoms. The molecule has 0 atom stereocenters. The first-order valence-corrected chi connectivity index (χ1v) is 12.7. The summed E-state index contributed by atoms with van der Waals surface area (Å²) in [5.41, 5.74) is 5.70. The first-order chi connectivity index (χ1) is 16.4. The van der Waals surface area contributed by atoms with Crippen LogP contribution >= 0.6 is 47.8 Å². The average molecular weight is 656 g/mol. The molecule has 1 aliphatic heterocycles. The second kappa shape index (κ2) is 11.4. The highest BCUT2D eigenvalue weighted by molar-refractivity contribution is 9.11. The molecule has 0 radical (unpaired) electrons. The number of halogens is 3. The first kappa shape index (κ1) is 24.8. The Morgan fingerprint density at radius 1 is 1.03 bits per heavy atom. The van der Waals surface area contributed by atoms with Gasteiger partial charge in [-0.3, -0.25) is 0 Å². The topological polar surface area (TPSA) is 96.8 Å². The number of ether oxygens (including phenoxy) is 2. The van der Waals surface area contributed by atoms with Crippen molar-refractivity contribution in [2.45, 2.75) is 6.92 Å². The molecule has 34 heavy (non-hydrogen) atoms. The number of nitrogens with one attached hydrogen (secondary N) is 2. The van der Waals surface area contributed by atoms with Gasteiger partial charge in [-0.25, -0.2) is 5.43 Å². The molecule has 2 aromatic carbocycles. The minimum Gasteiger partial charge on any atom is -0.495 e. The monoisotopic (exact) mass is 653 g/mol. The molecule has 0 saturated carbocycles. The van der Waals surface area contributed by atoms with E-state index in [1.807, 2.05) is 37.3 Å². The van der Waals surface area contributed by atoms with Gasteiger partial charge < -0.3 is 19.7 Å². The minimum atomic E-state index is 0.312. The van der Waals surface area contributed by atoms with E-state index in [-0.39, 0.29) is 0 Å². The standard InChI is InChI=1S/C22H22Br3N7O2/c1-13-3-4-18(16(24)9-13)27-20-28-21(30-22(29-20)32-5-7-34-8-6-32)31-26-12-14-10-15(23)11-17(25)19(14)33-2/h3-4,9-12H,5-8H2,1-2H3,(H2,27,28,29,30,31)/b26-12-. The van der Waals surface area contributed by atoms with Gasteiger partial charge in [0.05, 0.1) is 36.7 Å². The number of methoxy groups -OCH3 is 1. The number of rotatable bonds is 7. The summed E-state index contributed by atoms with van der Waals surface area (Å²) in [4.78, 5) is 15.8. The Kier molecular flexibility index (Phi) is 8.35. The molecule has 1 saturated heterocycles. The molecule has 0 aliphatic carbocycles. The van der Waals surface area contributed by atoms with Crippen LogP contribution in [-0.2, 0) is 4.74 Å². The molecule has 4 rings (SSSR count). The van der Waals surface area contributed by atoms with Gasteiger partial charge >= 0.3 is 0 Å². The number of hydrazone groups is 1.